The molecule has 4 heteroatoms. The fraction of sp³-hybridized carbons (Fsp3) is 0.462. The highest BCUT2D eigenvalue weighted by Crippen LogP contribution is 2.14. The fourth-order valence-electron chi connectivity index (χ4n) is 1.51. The van der Waals surface area contributed by atoms with E-state index >= 15 is 0 Å². The monoisotopic (exact) mass is 237 g/mol. The smallest absolute Gasteiger partial charge is 0.326 e. The van der Waals surface area contributed by atoms with Crippen molar-refractivity contribution < 1.29 is 14.6 Å². The molecule has 17 heavy (non-hydrogen) atoms. The molecule has 0 radical (unpaired) electrons. The third-order valence-electron chi connectivity index (χ3n) is 3.11. The van der Waals surface area contributed by atoms with Crippen molar-refractivity contribution in [3.8, 4) is 0 Å². The Balaban J connectivity index is 2.72. The SMILES string of the molecule is COC(C)C(C)(NCc1ccccc1)C(=O)O. The van der Waals surface area contributed by atoms with Gasteiger partial charge in [0.15, 0.2) is 0 Å². The van der Waals surface area contributed by atoms with Crippen molar-refractivity contribution in [2.24, 2.45) is 0 Å². The van der Waals surface area contributed by atoms with Crippen LogP contribution in [0.3, 0.4) is 0 Å². The lowest BCUT2D eigenvalue weighted by Gasteiger charge is -2.31. The number of carbonyl (C=O) groups is 1. The van der Waals surface area contributed by atoms with Gasteiger partial charge in [0.05, 0.1) is 6.10 Å². The number of aliphatic carboxylic acids is 1. The molecule has 0 saturated heterocycles. The molecule has 0 spiro atoms. The minimum atomic E-state index is -1.09. The molecule has 1 aromatic carbocycles. The first-order valence-electron chi connectivity index (χ1n) is 5.56. The van der Waals surface area contributed by atoms with Gasteiger partial charge in [-0.15, -0.1) is 0 Å². The van der Waals surface area contributed by atoms with E-state index in [0.717, 1.165) is 5.56 Å². The van der Waals surface area contributed by atoms with E-state index in [4.69, 9.17) is 4.74 Å². The van der Waals surface area contributed by atoms with Gasteiger partial charge in [-0.05, 0) is 19.4 Å². The highest BCUT2D eigenvalue weighted by molar-refractivity contribution is 5.79. The third kappa shape index (κ3) is 3.28. The summed E-state index contributed by atoms with van der Waals surface area (Å²) in [6, 6.07) is 9.68. The molecule has 1 aromatic rings. The first-order chi connectivity index (χ1) is 8.00. The lowest BCUT2D eigenvalue weighted by molar-refractivity contribution is -0.149. The van der Waals surface area contributed by atoms with E-state index in [1.807, 2.05) is 30.3 Å². The van der Waals surface area contributed by atoms with Gasteiger partial charge in [0, 0.05) is 13.7 Å². The number of benzene rings is 1. The van der Waals surface area contributed by atoms with E-state index in [1.54, 1.807) is 13.8 Å². The number of carboxylic acid groups (broad SMARTS) is 1. The number of carboxylic acids is 1. The standard InChI is InChI=1S/C13H19NO3/c1-10(17-3)13(2,12(15)16)14-9-11-7-5-4-6-8-11/h4-8,10,14H,9H2,1-3H3,(H,15,16). The minimum Gasteiger partial charge on any atom is -0.480 e. The molecule has 4 nitrogen and oxygen atoms in total. The molecule has 2 unspecified atom stereocenters. The van der Waals surface area contributed by atoms with E-state index in [-0.39, 0.29) is 0 Å². The van der Waals surface area contributed by atoms with Gasteiger partial charge < -0.3 is 9.84 Å². The summed E-state index contributed by atoms with van der Waals surface area (Å²) in [7, 11) is 1.51. The Hall–Kier alpha value is -1.39. The van der Waals surface area contributed by atoms with Gasteiger partial charge in [-0.2, -0.15) is 0 Å². The van der Waals surface area contributed by atoms with Gasteiger partial charge in [-0.3, -0.25) is 10.1 Å². The van der Waals surface area contributed by atoms with Gasteiger partial charge in [0.25, 0.3) is 0 Å². The summed E-state index contributed by atoms with van der Waals surface area (Å²) in [6.07, 6.45) is -0.413. The van der Waals surface area contributed by atoms with Crippen LogP contribution in [-0.2, 0) is 16.1 Å². The molecule has 0 saturated carbocycles. The number of methoxy groups -OCH3 is 1. The Morgan fingerprint density at radius 1 is 1.47 bits per heavy atom. The molecule has 0 aliphatic rings. The van der Waals surface area contributed by atoms with Crippen LogP contribution in [0.25, 0.3) is 0 Å². The summed E-state index contributed by atoms with van der Waals surface area (Å²) in [5.41, 5.74) is -0.0480. The van der Waals surface area contributed by atoms with Crippen LogP contribution in [-0.4, -0.2) is 29.8 Å². The zero-order valence-corrected chi connectivity index (χ0v) is 10.4. The van der Waals surface area contributed by atoms with E-state index in [9.17, 15) is 9.90 Å². The number of ether oxygens (including phenoxy) is 1. The van der Waals surface area contributed by atoms with Gasteiger partial charge >= 0.3 is 5.97 Å². The Labute approximate surface area is 102 Å². The molecule has 0 aromatic heterocycles. The van der Waals surface area contributed by atoms with Crippen molar-refractivity contribution in [2.75, 3.05) is 7.11 Å². The molecule has 0 amide bonds. The summed E-state index contributed by atoms with van der Waals surface area (Å²) >= 11 is 0. The van der Waals surface area contributed by atoms with Crippen molar-refractivity contribution in [1.29, 1.82) is 0 Å². The largest absolute Gasteiger partial charge is 0.480 e. The topological polar surface area (TPSA) is 58.6 Å². The minimum absolute atomic E-state index is 0.413. The van der Waals surface area contributed by atoms with E-state index in [2.05, 4.69) is 5.32 Å². The van der Waals surface area contributed by atoms with Gasteiger partial charge in [0.1, 0.15) is 5.54 Å². The van der Waals surface area contributed by atoms with Crippen LogP contribution in [0.4, 0.5) is 0 Å². The maximum absolute atomic E-state index is 11.3. The second-order valence-electron chi connectivity index (χ2n) is 4.22. The van der Waals surface area contributed by atoms with Gasteiger partial charge in [-0.25, -0.2) is 0 Å². The number of hydrogen-bond donors (Lipinski definition) is 2. The van der Waals surface area contributed by atoms with Crippen molar-refractivity contribution in [3.63, 3.8) is 0 Å². The van der Waals surface area contributed by atoms with E-state index < -0.39 is 17.6 Å². The second kappa shape index (κ2) is 5.80. The molecule has 0 bridgehead atoms. The number of hydrogen-bond acceptors (Lipinski definition) is 3. The van der Waals surface area contributed by atoms with Gasteiger partial charge in [-0.1, -0.05) is 30.3 Å². The molecule has 0 aliphatic heterocycles. The molecule has 94 valence electrons. The van der Waals surface area contributed by atoms with Crippen molar-refractivity contribution >= 4 is 5.97 Å². The molecule has 0 aliphatic carbocycles. The Kier molecular flexibility index (Phi) is 4.66. The van der Waals surface area contributed by atoms with Gasteiger partial charge in [0.2, 0.25) is 0 Å². The van der Waals surface area contributed by atoms with Crippen molar-refractivity contribution in [1.82, 2.24) is 5.32 Å². The maximum atomic E-state index is 11.3. The average molecular weight is 237 g/mol. The molecule has 0 heterocycles. The van der Waals surface area contributed by atoms with Crippen LogP contribution < -0.4 is 5.32 Å². The molecule has 2 atom stereocenters. The normalized spacial score (nSPS) is 16.2. The Bertz CT molecular complexity index is 366. The first kappa shape index (κ1) is 13.7. The van der Waals surface area contributed by atoms with Crippen molar-refractivity contribution in [2.45, 2.75) is 32.0 Å². The Morgan fingerprint density at radius 3 is 2.53 bits per heavy atom. The predicted octanol–water partition coefficient (Wildman–Crippen LogP) is 1.65. The number of nitrogens with one attached hydrogen (secondary N) is 1. The molecule has 2 N–H and O–H groups in total. The lowest BCUT2D eigenvalue weighted by atomic mass is 9.95. The molecule has 1 rings (SSSR count). The van der Waals surface area contributed by atoms with E-state index in [0.29, 0.717) is 6.54 Å². The van der Waals surface area contributed by atoms with Crippen LogP contribution in [0.2, 0.25) is 0 Å². The second-order valence-corrected chi connectivity index (χ2v) is 4.22. The molecule has 0 fully saturated rings. The molecular weight excluding hydrogens is 218 g/mol. The quantitative estimate of drug-likeness (QED) is 0.790. The summed E-state index contributed by atoms with van der Waals surface area (Å²) in [6.45, 7) is 3.87. The zero-order chi connectivity index (χ0) is 12.9. The fourth-order valence-corrected chi connectivity index (χ4v) is 1.51. The summed E-state index contributed by atoms with van der Waals surface area (Å²) in [5.74, 6) is -0.914. The lowest BCUT2D eigenvalue weighted by Crippen LogP contribution is -2.57. The van der Waals surface area contributed by atoms with Crippen LogP contribution in [0.5, 0.6) is 0 Å². The summed E-state index contributed by atoms with van der Waals surface area (Å²) in [4.78, 5) is 11.3. The van der Waals surface area contributed by atoms with Crippen LogP contribution in [0.15, 0.2) is 30.3 Å². The number of rotatable bonds is 6. The maximum Gasteiger partial charge on any atom is 0.326 e. The van der Waals surface area contributed by atoms with Crippen LogP contribution >= 0.6 is 0 Å². The van der Waals surface area contributed by atoms with E-state index in [1.165, 1.54) is 7.11 Å². The zero-order valence-electron chi connectivity index (χ0n) is 10.4. The third-order valence-corrected chi connectivity index (χ3v) is 3.11. The molecular formula is C13H19NO3. The summed E-state index contributed by atoms with van der Waals surface area (Å²) in [5, 5.41) is 12.3. The van der Waals surface area contributed by atoms with Crippen LogP contribution in [0.1, 0.15) is 19.4 Å². The average Bonchev–Trinajstić information content (AvgIpc) is 2.35. The first-order valence-corrected chi connectivity index (χ1v) is 5.56. The predicted molar refractivity (Wildman–Crippen MR) is 65.8 cm³/mol. The highest BCUT2D eigenvalue weighted by atomic mass is 16.5. The summed E-state index contributed by atoms with van der Waals surface area (Å²) < 4.78 is 5.12. The van der Waals surface area contributed by atoms with Crippen LogP contribution in [0, 0.1) is 0 Å². The Morgan fingerprint density at radius 2 is 2.06 bits per heavy atom. The highest BCUT2D eigenvalue weighted by Gasteiger charge is 2.38. The van der Waals surface area contributed by atoms with Crippen molar-refractivity contribution in [3.05, 3.63) is 35.9 Å².